The Balaban J connectivity index is 1.46. The van der Waals surface area contributed by atoms with Crippen LogP contribution in [0.25, 0.3) is 16.5 Å². The van der Waals surface area contributed by atoms with Gasteiger partial charge in [0.05, 0.1) is 17.8 Å². The van der Waals surface area contributed by atoms with Crippen LogP contribution in [0.3, 0.4) is 0 Å². The lowest BCUT2D eigenvalue weighted by Gasteiger charge is -2.26. The predicted molar refractivity (Wildman–Crippen MR) is 131 cm³/mol. The molecule has 1 aliphatic heterocycles. The number of benzene rings is 2. The summed E-state index contributed by atoms with van der Waals surface area (Å²) >= 11 is 0. The topological polar surface area (TPSA) is 38.1 Å². The molecule has 0 saturated carbocycles. The van der Waals surface area contributed by atoms with Crippen molar-refractivity contribution in [3.63, 3.8) is 0 Å². The van der Waals surface area contributed by atoms with Gasteiger partial charge in [0.15, 0.2) is 0 Å². The average molecular weight is 422 g/mol. The number of aromatic nitrogens is 2. The first kappa shape index (κ1) is 20.4. The van der Waals surface area contributed by atoms with E-state index in [4.69, 9.17) is 0 Å². The van der Waals surface area contributed by atoms with Gasteiger partial charge in [-0.2, -0.15) is 0 Å². The molecule has 0 atom stereocenters. The number of pyridine rings is 2. The molecule has 0 amide bonds. The second kappa shape index (κ2) is 8.93. The minimum atomic E-state index is 0.0755. The van der Waals surface area contributed by atoms with Crippen molar-refractivity contribution in [1.82, 2.24) is 14.5 Å². The normalized spacial score (nSPS) is 14.5. The minimum absolute atomic E-state index is 0.0755. The fourth-order valence-electron chi connectivity index (χ4n) is 4.48. The molecule has 4 heteroatoms. The first-order valence-electron chi connectivity index (χ1n) is 11.2. The molecule has 0 fully saturated rings. The van der Waals surface area contributed by atoms with E-state index in [1.165, 1.54) is 11.1 Å². The maximum Gasteiger partial charge on any atom is 0.255 e. The Kier molecular flexibility index (Phi) is 5.70. The maximum atomic E-state index is 13.6. The minimum Gasteiger partial charge on any atom is -0.302 e. The summed E-state index contributed by atoms with van der Waals surface area (Å²) in [4.78, 5) is 20.4. The van der Waals surface area contributed by atoms with Crippen molar-refractivity contribution < 1.29 is 0 Å². The zero-order valence-electron chi connectivity index (χ0n) is 18.4. The highest BCUT2D eigenvalue weighted by molar-refractivity contribution is 5.80. The molecule has 0 spiro atoms. The molecule has 0 radical (unpaired) electrons. The van der Waals surface area contributed by atoms with Gasteiger partial charge in [0, 0.05) is 31.4 Å². The average Bonchev–Trinajstić information content (AvgIpc) is 2.84. The summed E-state index contributed by atoms with van der Waals surface area (Å²) in [5.41, 5.74) is 6.61. The monoisotopic (exact) mass is 421 g/mol. The number of hydrogen-bond donors (Lipinski definition) is 0. The van der Waals surface area contributed by atoms with Gasteiger partial charge >= 0.3 is 0 Å². The summed E-state index contributed by atoms with van der Waals surface area (Å²) in [5, 5.41) is 1.10. The fourth-order valence-corrected chi connectivity index (χ4v) is 4.48. The van der Waals surface area contributed by atoms with Gasteiger partial charge in [-0.05, 0) is 59.7 Å². The number of aryl methyl sites for hydroxylation is 1. The van der Waals surface area contributed by atoms with Crippen molar-refractivity contribution in [2.75, 3.05) is 13.1 Å². The van der Waals surface area contributed by atoms with Crippen LogP contribution in [0.5, 0.6) is 0 Å². The van der Waals surface area contributed by atoms with Crippen LogP contribution in [-0.4, -0.2) is 27.5 Å². The third-order valence-electron chi connectivity index (χ3n) is 6.20. The van der Waals surface area contributed by atoms with Crippen molar-refractivity contribution >= 4 is 16.5 Å². The van der Waals surface area contributed by atoms with E-state index in [0.29, 0.717) is 13.1 Å². The van der Waals surface area contributed by atoms with E-state index >= 15 is 0 Å². The molecule has 0 bridgehead atoms. The van der Waals surface area contributed by atoms with E-state index in [9.17, 15) is 4.79 Å². The van der Waals surface area contributed by atoms with Crippen molar-refractivity contribution in [3.8, 4) is 0 Å². The molecule has 160 valence electrons. The summed E-state index contributed by atoms with van der Waals surface area (Å²) in [7, 11) is 0. The second-order valence-electron chi connectivity index (χ2n) is 8.52. The molecule has 4 nitrogen and oxygen atoms in total. The van der Waals surface area contributed by atoms with Crippen molar-refractivity contribution in [2.45, 2.75) is 26.4 Å². The number of nitrogens with zero attached hydrogens (tertiary/aromatic N) is 3. The highest BCUT2D eigenvalue weighted by Gasteiger charge is 2.17. The van der Waals surface area contributed by atoms with Crippen LogP contribution in [0, 0.1) is 6.92 Å². The van der Waals surface area contributed by atoms with E-state index in [1.807, 2.05) is 22.8 Å². The lowest BCUT2D eigenvalue weighted by molar-refractivity contribution is 0.292. The fraction of sp³-hybridized carbons (Fsp3) is 0.214. The Morgan fingerprint density at radius 3 is 2.53 bits per heavy atom. The van der Waals surface area contributed by atoms with Gasteiger partial charge in [-0.15, -0.1) is 0 Å². The van der Waals surface area contributed by atoms with E-state index in [2.05, 4.69) is 77.5 Å². The predicted octanol–water partition coefficient (Wildman–Crippen LogP) is 5.04. The molecule has 0 saturated heterocycles. The molecule has 5 rings (SSSR count). The molecule has 0 N–H and O–H groups in total. The van der Waals surface area contributed by atoms with Crippen LogP contribution >= 0.6 is 0 Å². The third-order valence-corrected chi connectivity index (χ3v) is 6.20. The largest absolute Gasteiger partial charge is 0.302 e. The molecule has 0 aliphatic carbocycles. The first-order valence-corrected chi connectivity index (χ1v) is 11.2. The van der Waals surface area contributed by atoms with Crippen LogP contribution in [0.2, 0.25) is 0 Å². The smallest absolute Gasteiger partial charge is 0.255 e. The molecule has 3 heterocycles. The number of hydrogen-bond acceptors (Lipinski definition) is 3. The molecule has 1 aliphatic rings. The zero-order chi connectivity index (χ0) is 21.9. The van der Waals surface area contributed by atoms with E-state index < -0.39 is 0 Å². The van der Waals surface area contributed by atoms with E-state index in [0.717, 1.165) is 47.2 Å². The van der Waals surface area contributed by atoms with Crippen LogP contribution in [0.4, 0.5) is 0 Å². The summed E-state index contributed by atoms with van der Waals surface area (Å²) in [5.74, 6) is 0. The Labute approximate surface area is 188 Å². The lowest BCUT2D eigenvalue weighted by atomic mass is 9.99. The zero-order valence-corrected chi connectivity index (χ0v) is 18.4. The molecule has 0 unspecified atom stereocenters. The summed E-state index contributed by atoms with van der Waals surface area (Å²) < 4.78 is 1.88. The van der Waals surface area contributed by atoms with E-state index in [-0.39, 0.29) is 5.56 Å². The second-order valence-corrected chi connectivity index (χ2v) is 8.52. The highest BCUT2D eigenvalue weighted by atomic mass is 16.1. The van der Waals surface area contributed by atoms with Crippen LogP contribution in [0.15, 0.2) is 89.9 Å². The van der Waals surface area contributed by atoms with Crippen molar-refractivity contribution in [2.24, 2.45) is 0 Å². The Morgan fingerprint density at radius 1 is 0.938 bits per heavy atom. The standard InChI is InChI=1S/C28H27N3O/c1-21-10-11-24-18-25(19-30-15-12-23(13-16-30)22-7-3-2-4-8-22)28(32)31(27(24)17-21)20-26-9-5-6-14-29-26/h2-12,14,17-18H,13,15-16,19-20H2,1H3. The Hall–Kier alpha value is -3.50. The Bertz CT molecular complexity index is 1320. The lowest BCUT2D eigenvalue weighted by Crippen LogP contribution is -2.33. The third kappa shape index (κ3) is 4.27. The molecular formula is C28H27N3O. The molecule has 2 aromatic heterocycles. The summed E-state index contributed by atoms with van der Waals surface area (Å²) in [6, 6.07) is 24.8. The van der Waals surface area contributed by atoms with Gasteiger partial charge in [0.2, 0.25) is 0 Å². The SMILES string of the molecule is Cc1ccc2cc(CN3CC=C(c4ccccc4)CC3)c(=O)n(Cc3ccccn3)c2c1. The quantitative estimate of drug-likeness (QED) is 0.453. The maximum absolute atomic E-state index is 13.6. The first-order chi connectivity index (χ1) is 15.7. The van der Waals surface area contributed by atoms with Crippen LogP contribution in [0.1, 0.15) is 28.8 Å². The Morgan fingerprint density at radius 2 is 1.78 bits per heavy atom. The van der Waals surface area contributed by atoms with Gasteiger partial charge in [-0.25, -0.2) is 0 Å². The van der Waals surface area contributed by atoms with Crippen LogP contribution < -0.4 is 5.56 Å². The molecular weight excluding hydrogens is 394 g/mol. The molecule has 4 aromatic rings. The van der Waals surface area contributed by atoms with Crippen molar-refractivity contribution in [1.29, 1.82) is 0 Å². The van der Waals surface area contributed by atoms with Crippen LogP contribution in [-0.2, 0) is 13.1 Å². The molecule has 2 aromatic carbocycles. The summed E-state index contributed by atoms with van der Waals surface area (Å²) in [6.45, 7) is 5.00. The van der Waals surface area contributed by atoms with E-state index in [1.54, 1.807) is 6.20 Å². The van der Waals surface area contributed by atoms with Gasteiger partial charge in [-0.1, -0.05) is 54.6 Å². The van der Waals surface area contributed by atoms with Gasteiger partial charge in [-0.3, -0.25) is 14.7 Å². The number of rotatable bonds is 5. The summed E-state index contributed by atoms with van der Waals surface area (Å²) in [6.07, 6.45) is 5.08. The van der Waals surface area contributed by atoms with Gasteiger partial charge in [0.1, 0.15) is 0 Å². The van der Waals surface area contributed by atoms with Crippen molar-refractivity contribution in [3.05, 3.63) is 118 Å². The molecule has 32 heavy (non-hydrogen) atoms. The van der Waals surface area contributed by atoms with Gasteiger partial charge < -0.3 is 4.57 Å². The number of fused-ring (bicyclic) bond motifs is 1. The highest BCUT2D eigenvalue weighted by Crippen LogP contribution is 2.23. The van der Waals surface area contributed by atoms with Gasteiger partial charge in [0.25, 0.3) is 5.56 Å².